The van der Waals surface area contributed by atoms with Gasteiger partial charge in [0.1, 0.15) is 5.58 Å². The van der Waals surface area contributed by atoms with E-state index >= 15 is 0 Å². The molecule has 1 N–H and O–H groups in total. The second kappa shape index (κ2) is 11.6. The van der Waals surface area contributed by atoms with E-state index in [2.05, 4.69) is 5.32 Å². The molecule has 4 rings (SSSR count). The van der Waals surface area contributed by atoms with Gasteiger partial charge in [-0.05, 0) is 73.5 Å². The van der Waals surface area contributed by atoms with Crippen LogP contribution in [-0.2, 0) is 14.8 Å². The van der Waals surface area contributed by atoms with Crippen LogP contribution in [0.4, 0.5) is 5.69 Å². The van der Waals surface area contributed by atoms with Gasteiger partial charge in [0.05, 0.1) is 15.3 Å². The number of hydrogen-bond acceptors (Lipinski definition) is 6. The molecule has 0 radical (unpaired) electrons. The average Bonchev–Trinajstić information content (AvgIpc) is 2.90. The molecule has 0 aliphatic carbocycles. The van der Waals surface area contributed by atoms with Crippen LogP contribution in [-0.4, -0.2) is 38.3 Å². The standard InChI is InChI=1S/C29H29ClN2O6S/c1-5-32(6-2)39(35,36)21-13-11-20(12-14-21)31-26(33)17-37-29-27(34)23-15-18(3)19(4)16-25(23)38-28(29)22-9-7-8-10-24(22)30/h7-16H,5-6,17H2,1-4H3,(H,31,33). The van der Waals surface area contributed by atoms with Crippen molar-refractivity contribution in [2.45, 2.75) is 32.6 Å². The maximum absolute atomic E-state index is 13.5. The van der Waals surface area contributed by atoms with Crippen molar-refractivity contribution in [2.75, 3.05) is 25.0 Å². The molecule has 0 saturated heterocycles. The third kappa shape index (κ3) is 5.85. The first-order chi connectivity index (χ1) is 18.6. The summed E-state index contributed by atoms with van der Waals surface area (Å²) in [5.74, 6) is -0.547. The molecule has 0 aliphatic rings. The summed E-state index contributed by atoms with van der Waals surface area (Å²) in [4.78, 5) is 26.3. The van der Waals surface area contributed by atoms with E-state index < -0.39 is 28.0 Å². The van der Waals surface area contributed by atoms with Crippen molar-refractivity contribution in [2.24, 2.45) is 0 Å². The van der Waals surface area contributed by atoms with Crippen LogP contribution in [0.5, 0.6) is 5.75 Å². The van der Waals surface area contributed by atoms with Crippen molar-refractivity contribution in [3.8, 4) is 17.1 Å². The Morgan fingerprint density at radius 3 is 2.28 bits per heavy atom. The average molecular weight is 569 g/mol. The predicted molar refractivity (Wildman–Crippen MR) is 153 cm³/mol. The Labute approximate surface area is 232 Å². The van der Waals surface area contributed by atoms with Gasteiger partial charge >= 0.3 is 0 Å². The second-order valence-corrected chi connectivity index (χ2v) is 11.3. The van der Waals surface area contributed by atoms with Crippen molar-refractivity contribution in [1.82, 2.24) is 4.31 Å². The van der Waals surface area contributed by atoms with E-state index in [9.17, 15) is 18.0 Å². The normalized spacial score (nSPS) is 11.6. The minimum absolute atomic E-state index is 0.125. The van der Waals surface area contributed by atoms with Crippen molar-refractivity contribution in [1.29, 1.82) is 0 Å². The van der Waals surface area contributed by atoms with Crippen LogP contribution in [0.25, 0.3) is 22.3 Å². The Kier molecular flexibility index (Phi) is 8.44. The number of fused-ring (bicyclic) bond motifs is 1. The van der Waals surface area contributed by atoms with Gasteiger partial charge in [-0.2, -0.15) is 4.31 Å². The zero-order valence-corrected chi connectivity index (χ0v) is 23.7. The topological polar surface area (TPSA) is 106 Å². The van der Waals surface area contributed by atoms with Crippen LogP contribution in [0, 0.1) is 13.8 Å². The van der Waals surface area contributed by atoms with Crippen LogP contribution in [0.15, 0.2) is 74.8 Å². The second-order valence-electron chi connectivity index (χ2n) is 8.95. The van der Waals surface area contributed by atoms with Crippen molar-refractivity contribution < 1.29 is 22.4 Å². The minimum Gasteiger partial charge on any atom is -0.476 e. The Bertz CT molecular complexity index is 1690. The summed E-state index contributed by atoms with van der Waals surface area (Å²) in [7, 11) is -3.62. The molecule has 0 aliphatic heterocycles. The van der Waals surface area contributed by atoms with E-state index in [0.29, 0.717) is 40.3 Å². The Balaban J connectivity index is 1.60. The monoisotopic (exact) mass is 568 g/mol. The lowest BCUT2D eigenvalue weighted by Crippen LogP contribution is -2.30. The summed E-state index contributed by atoms with van der Waals surface area (Å²) in [6, 6.07) is 16.3. The molecule has 0 spiro atoms. The molecule has 0 unspecified atom stereocenters. The summed E-state index contributed by atoms with van der Waals surface area (Å²) in [6.45, 7) is 7.57. The number of anilines is 1. The zero-order chi connectivity index (χ0) is 28.3. The number of halogens is 1. The lowest BCUT2D eigenvalue weighted by atomic mass is 10.0. The van der Waals surface area contributed by atoms with Crippen molar-refractivity contribution in [3.63, 3.8) is 0 Å². The molecule has 8 nitrogen and oxygen atoms in total. The first-order valence-corrected chi connectivity index (χ1v) is 14.2. The van der Waals surface area contributed by atoms with E-state index in [1.165, 1.54) is 28.6 Å². The molecule has 3 aromatic carbocycles. The molecule has 1 heterocycles. The molecule has 0 saturated carbocycles. The van der Waals surface area contributed by atoms with Gasteiger partial charge in [-0.3, -0.25) is 9.59 Å². The lowest BCUT2D eigenvalue weighted by molar-refractivity contribution is -0.118. The quantitative estimate of drug-likeness (QED) is 0.274. The molecule has 10 heteroatoms. The number of amides is 1. The van der Waals surface area contributed by atoms with E-state index in [4.69, 9.17) is 20.8 Å². The minimum atomic E-state index is -3.62. The van der Waals surface area contributed by atoms with Gasteiger partial charge < -0.3 is 14.5 Å². The van der Waals surface area contributed by atoms with Crippen molar-refractivity contribution >= 4 is 44.2 Å². The third-order valence-corrected chi connectivity index (χ3v) is 8.81. The van der Waals surface area contributed by atoms with Crippen LogP contribution in [0.1, 0.15) is 25.0 Å². The fourth-order valence-electron chi connectivity index (χ4n) is 4.14. The highest BCUT2D eigenvalue weighted by molar-refractivity contribution is 7.89. The molecule has 1 aromatic heterocycles. The number of carbonyl (C=O) groups is 1. The molecule has 0 fully saturated rings. The number of benzene rings is 3. The molecule has 204 valence electrons. The predicted octanol–water partition coefficient (Wildman–Crippen LogP) is 5.78. The number of nitrogens with zero attached hydrogens (tertiary/aromatic N) is 1. The number of nitrogens with one attached hydrogen (secondary N) is 1. The SMILES string of the molecule is CCN(CC)S(=O)(=O)c1ccc(NC(=O)COc2c(-c3ccccc3Cl)oc3cc(C)c(C)cc3c2=O)cc1. The molecular weight excluding hydrogens is 540 g/mol. The van der Waals surface area contributed by atoms with E-state index in [-0.39, 0.29) is 16.4 Å². The molecular formula is C29H29ClN2O6S. The number of ether oxygens (including phenoxy) is 1. The van der Waals surface area contributed by atoms with Gasteiger partial charge in [-0.15, -0.1) is 0 Å². The Morgan fingerprint density at radius 2 is 1.64 bits per heavy atom. The van der Waals surface area contributed by atoms with Gasteiger partial charge in [0.15, 0.2) is 12.4 Å². The highest BCUT2D eigenvalue weighted by Crippen LogP contribution is 2.35. The summed E-state index contributed by atoms with van der Waals surface area (Å²) in [5.41, 5.74) is 2.67. The number of aryl methyl sites for hydroxylation is 2. The summed E-state index contributed by atoms with van der Waals surface area (Å²) < 4.78 is 38.6. The number of rotatable bonds is 9. The van der Waals surface area contributed by atoms with E-state index in [1.807, 2.05) is 13.8 Å². The van der Waals surface area contributed by atoms with Crippen LogP contribution in [0.2, 0.25) is 5.02 Å². The number of carbonyl (C=O) groups excluding carboxylic acids is 1. The summed E-state index contributed by atoms with van der Waals surface area (Å²) in [5, 5.41) is 3.35. The van der Waals surface area contributed by atoms with E-state index in [1.54, 1.807) is 50.2 Å². The molecule has 0 bridgehead atoms. The molecule has 39 heavy (non-hydrogen) atoms. The number of sulfonamides is 1. The first kappa shape index (κ1) is 28.4. The largest absolute Gasteiger partial charge is 0.476 e. The lowest BCUT2D eigenvalue weighted by Gasteiger charge is -2.18. The highest BCUT2D eigenvalue weighted by atomic mass is 35.5. The fourth-order valence-corrected chi connectivity index (χ4v) is 5.82. The number of hydrogen-bond donors (Lipinski definition) is 1. The van der Waals surface area contributed by atoms with E-state index in [0.717, 1.165) is 11.1 Å². The van der Waals surface area contributed by atoms with Gasteiger partial charge in [0.2, 0.25) is 21.2 Å². The summed E-state index contributed by atoms with van der Waals surface area (Å²) >= 11 is 6.40. The van der Waals surface area contributed by atoms with Gasteiger partial charge in [0, 0.05) is 24.3 Å². The fraction of sp³-hybridized carbons (Fsp3) is 0.241. The highest BCUT2D eigenvalue weighted by Gasteiger charge is 2.23. The third-order valence-electron chi connectivity index (χ3n) is 6.41. The van der Waals surface area contributed by atoms with Crippen LogP contribution >= 0.6 is 11.6 Å². The molecule has 0 atom stereocenters. The maximum Gasteiger partial charge on any atom is 0.262 e. The van der Waals surface area contributed by atoms with Crippen LogP contribution < -0.4 is 15.5 Å². The molecule has 4 aromatic rings. The Hall–Kier alpha value is -3.66. The van der Waals surface area contributed by atoms with Gasteiger partial charge in [-0.1, -0.05) is 37.6 Å². The zero-order valence-electron chi connectivity index (χ0n) is 22.1. The Morgan fingerprint density at radius 1 is 1.00 bits per heavy atom. The smallest absolute Gasteiger partial charge is 0.262 e. The van der Waals surface area contributed by atoms with Gasteiger partial charge in [0.25, 0.3) is 5.91 Å². The molecule has 1 amide bonds. The van der Waals surface area contributed by atoms with Crippen LogP contribution in [0.3, 0.4) is 0 Å². The summed E-state index contributed by atoms with van der Waals surface area (Å²) in [6.07, 6.45) is 0. The van der Waals surface area contributed by atoms with Gasteiger partial charge in [-0.25, -0.2) is 8.42 Å². The maximum atomic E-state index is 13.5. The first-order valence-electron chi connectivity index (χ1n) is 12.4. The van der Waals surface area contributed by atoms with Crippen molar-refractivity contribution in [3.05, 3.63) is 87.0 Å².